The molecule has 0 radical (unpaired) electrons. The van der Waals surface area contributed by atoms with Gasteiger partial charge in [-0.05, 0) is 56.2 Å². The Balaban J connectivity index is 1.62. The molecule has 1 aromatic rings. The summed E-state index contributed by atoms with van der Waals surface area (Å²) in [4.78, 5) is 5.32. The van der Waals surface area contributed by atoms with Crippen molar-refractivity contribution in [2.24, 2.45) is 5.92 Å². The lowest BCUT2D eigenvalue weighted by Crippen LogP contribution is -2.50. The predicted molar refractivity (Wildman–Crippen MR) is 86.5 cm³/mol. The third-order valence-corrected chi connectivity index (χ3v) is 5.20. The van der Waals surface area contributed by atoms with Crippen LogP contribution in [-0.4, -0.2) is 37.1 Å². The molecule has 110 valence electrons. The van der Waals surface area contributed by atoms with Gasteiger partial charge >= 0.3 is 0 Å². The molecule has 1 saturated heterocycles. The van der Waals surface area contributed by atoms with Crippen molar-refractivity contribution in [3.8, 4) is 0 Å². The van der Waals surface area contributed by atoms with Crippen LogP contribution in [0, 0.1) is 19.8 Å². The molecule has 2 nitrogen and oxygen atoms in total. The lowest BCUT2D eigenvalue weighted by molar-refractivity contribution is 0.184. The van der Waals surface area contributed by atoms with Gasteiger partial charge in [-0.25, -0.2) is 0 Å². The normalized spacial score (nSPS) is 28.1. The summed E-state index contributed by atoms with van der Waals surface area (Å²) in [5.41, 5.74) is 4.24. The first-order chi connectivity index (χ1) is 9.63. The average molecular weight is 272 g/mol. The van der Waals surface area contributed by atoms with E-state index >= 15 is 0 Å². The van der Waals surface area contributed by atoms with Crippen molar-refractivity contribution in [3.05, 3.63) is 29.3 Å². The fourth-order valence-corrected chi connectivity index (χ4v) is 3.90. The highest BCUT2D eigenvalue weighted by molar-refractivity contribution is 5.55. The van der Waals surface area contributed by atoms with Crippen molar-refractivity contribution < 1.29 is 0 Å². The summed E-state index contributed by atoms with van der Waals surface area (Å²) in [7, 11) is 0. The molecule has 2 atom stereocenters. The van der Waals surface area contributed by atoms with Crippen molar-refractivity contribution >= 4 is 5.69 Å². The van der Waals surface area contributed by atoms with Crippen LogP contribution in [0.2, 0.25) is 0 Å². The Morgan fingerprint density at radius 1 is 1.00 bits per heavy atom. The molecule has 1 saturated carbocycles. The third-order valence-electron chi connectivity index (χ3n) is 5.20. The Morgan fingerprint density at radius 2 is 1.75 bits per heavy atom. The van der Waals surface area contributed by atoms with Crippen molar-refractivity contribution in [3.63, 3.8) is 0 Å². The zero-order valence-electron chi connectivity index (χ0n) is 13.2. The quantitative estimate of drug-likeness (QED) is 0.811. The summed E-state index contributed by atoms with van der Waals surface area (Å²) >= 11 is 0. The van der Waals surface area contributed by atoms with Gasteiger partial charge in [0.1, 0.15) is 0 Å². The summed E-state index contributed by atoms with van der Waals surface area (Å²) in [5, 5.41) is 0. The molecule has 1 heterocycles. The van der Waals surface area contributed by atoms with E-state index < -0.39 is 0 Å². The van der Waals surface area contributed by atoms with Gasteiger partial charge in [-0.1, -0.05) is 19.1 Å². The molecule has 0 amide bonds. The van der Waals surface area contributed by atoms with E-state index in [4.69, 9.17) is 0 Å². The number of aryl methyl sites for hydroxylation is 2. The summed E-state index contributed by atoms with van der Waals surface area (Å²) in [6.07, 6.45) is 4.27. The second kappa shape index (κ2) is 5.77. The molecule has 20 heavy (non-hydrogen) atoms. The van der Waals surface area contributed by atoms with Crippen LogP contribution in [0.4, 0.5) is 5.69 Å². The second-order valence-corrected chi connectivity index (χ2v) is 6.89. The van der Waals surface area contributed by atoms with E-state index in [2.05, 4.69) is 48.8 Å². The minimum atomic E-state index is 0.866. The van der Waals surface area contributed by atoms with Gasteiger partial charge in [0.2, 0.25) is 0 Å². The fraction of sp³-hybridized carbons (Fsp3) is 0.667. The van der Waals surface area contributed by atoms with E-state index in [1.54, 1.807) is 0 Å². The Hall–Kier alpha value is -1.02. The highest BCUT2D eigenvalue weighted by Gasteiger charge is 2.29. The maximum absolute atomic E-state index is 2.74. The molecular formula is C18H28N2. The molecule has 0 spiro atoms. The monoisotopic (exact) mass is 272 g/mol. The number of nitrogens with zero attached hydrogens (tertiary/aromatic N) is 2. The van der Waals surface area contributed by atoms with E-state index in [0.717, 1.165) is 12.0 Å². The molecular weight excluding hydrogens is 244 g/mol. The number of benzene rings is 1. The maximum Gasteiger partial charge on any atom is 0.0399 e. The SMILES string of the molecule is Cc1ccc(C)c(N2CCN([C@@H]3CC[C@@H](C)C3)CC2)c1. The summed E-state index contributed by atoms with van der Waals surface area (Å²) in [6, 6.07) is 7.69. The predicted octanol–water partition coefficient (Wildman–Crippen LogP) is 3.61. The second-order valence-electron chi connectivity index (χ2n) is 6.89. The van der Waals surface area contributed by atoms with Crippen molar-refractivity contribution in [1.29, 1.82) is 0 Å². The van der Waals surface area contributed by atoms with Gasteiger partial charge in [-0.3, -0.25) is 4.90 Å². The van der Waals surface area contributed by atoms with Crippen LogP contribution in [-0.2, 0) is 0 Å². The third kappa shape index (κ3) is 2.85. The van der Waals surface area contributed by atoms with E-state index in [1.165, 1.54) is 62.3 Å². The molecule has 1 aliphatic heterocycles. The standard InChI is InChI=1S/C18H28N2/c1-14-5-7-17(12-14)19-8-10-20(11-9-19)18-13-15(2)4-6-16(18)3/h4,6,13-14,17H,5,7-12H2,1-3H3/t14-,17-/m1/s1. The van der Waals surface area contributed by atoms with E-state index in [-0.39, 0.29) is 0 Å². The largest absolute Gasteiger partial charge is 0.369 e. The molecule has 3 rings (SSSR count). The van der Waals surface area contributed by atoms with Crippen molar-refractivity contribution in [2.75, 3.05) is 31.1 Å². The van der Waals surface area contributed by atoms with Gasteiger partial charge < -0.3 is 4.90 Å². The number of rotatable bonds is 2. The number of hydrogen-bond acceptors (Lipinski definition) is 2. The average Bonchev–Trinajstić information content (AvgIpc) is 2.88. The molecule has 0 unspecified atom stereocenters. The molecule has 2 heteroatoms. The highest BCUT2D eigenvalue weighted by Crippen LogP contribution is 2.30. The van der Waals surface area contributed by atoms with Gasteiger partial charge in [0.25, 0.3) is 0 Å². The van der Waals surface area contributed by atoms with Crippen molar-refractivity contribution in [2.45, 2.75) is 46.1 Å². The number of anilines is 1. The first kappa shape index (κ1) is 13.9. The lowest BCUT2D eigenvalue weighted by Gasteiger charge is -2.39. The summed E-state index contributed by atoms with van der Waals surface area (Å²) in [6.45, 7) is 11.7. The van der Waals surface area contributed by atoms with Crippen LogP contribution in [0.1, 0.15) is 37.3 Å². The molecule has 2 aliphatic rings. The topological polar surface area (TPSA) is 6.48 Å². The van der Waals surface area contributed by atoms with Gasteiger partial charge in [-0.2, -0.15) is 0 Å². The summed E-state index contributed by atoms with van der Waals surface area (Å²) < 4.78 is 0. The smallest absolute Gasteiger partial charge is 0.0399 e. The summed E-state index contributed by atoms with van der Waals surface area (Å²) in [5.74, 6) is 0.942. The molecule has 0 bridgehead atoms. The first-order valence-electron chi connectivity index (χ1n) is 8.20. The van der Waals surface area contributed by atoms with Crippen LogP contribution < -0.4 is 4.90 Å². The lowest BCUT2D eigenvalue weighted by atomic mass is 10.1. The Morgan fingerprint density at radius 3 is 2.40 bits per heavy atom. The van der Waals surface area contributed by atoms with Crippen molar-refractivity contribution in [1.82, 2.24) is 4.90 Å². The van der Waals surface area contributed by atoms with Crippen LogP contribution in [0.5, 0.6) is 0 Å². The Bertz CT molecular complexity index is 460. The first-order valence-corrected chi connectivity index (χ1v) is 8.20. The number of hydrogen-bond donors (Lipinski definition) is 0. The Kier molecular flexibility index (Phi) is 4.02. The Labute approximate surface area is 123 Å². The van der Waals surface area contributed by atoms with E-state index in [9.17, 15) is 0 Å². The molecule has 2 fully saturated rings. The maximum atomic E-state index is 2.74. The van der Waals surface area contributed by atoms with Gasteiger partial charge in [0.05, 0.1) is 0 Å². The van der Waals surface area contributed by atoms with Crippen LogP contribution >= 0.6 is 0 Å². The van der Waals surface area contributed by atoms with Gasteiger partial charge in [-0.15, -0.1) is 0 Å². The van der Waals surface area contributed by atoms with E-state index in [1.807, 2.05) is 0 Å². The fourth-order valence-electron chi connectivity index (χ4n) is 3.90. The number of piperazine rings is 1. The minimum Gasteiger partial charge on any atom is -0.369 e. The highest BCUT2D eigenvalue weighted by atomic mass is 15.3. The molecule has 1 aliphatic carbocycles. The minimum absolute atomic E-state index is 0.866. The van der Waals surface area contributed by atoms with Crippen LogP contribution in [0.15, 0.2) is 18.2 Å². The molecule has 0 aromatic heterocycles. The zero-order valence-corrected chi connectivity index (χ0v) is 13.2. The van der Waals surface area contributed by atoms with E-state index in [0.29, 0.717) is 0 Å². The molecule has 1 aromatic carbocycles. The molecule has 0 N–H and O–H groups in total. The zero-order chi connectivity index (χ0) is 14.1. The van der Waals surface area contributed by atoms with Crippen LogP contribution in [0.3, 0.4) is 0 Å². The van der Waals surface area contributed by atoms with Crippen LogP contribution in [0.25, 0.3) is 0 Å². The van der Waals surface area contributed by atoms with Gasteiger partial charge in [0.15, 0.2) is 0 Å². The van der Waals surface area contributed by atoms with Gasteiger partial charge in [0, 0.05) is 37.9 Å².